The molecule has 0 saturated carbocycles. The van der Waals surface area contributed by atoms with Crippen LogP contribution in [0.3, 0.4) is 0 Å². The van der Waals surface area contributed by atoms with Gasteiger partial charge in [0.2, 0.25) is 0 Å². The van der Waals surface area contributed by atoms with Crippen molar-refractivity contribution in [2.45, 2.75) is 32.6 Å². The maximum atomic E-state index is 4.63. The minimum absolute atomic E-state index is 0. The molecule has 136 valence electrons. The molecule has 2 heterocycles. The molecule has 0 fully saturated rings. The molecule has 0 bridgehead atoms. The SMILES string of the molecule is CCCCN=C(NCCc1ccccn1)NCCc1ccccn1.I. The third kappa shape index (κ3) is 9.38. The van der Waals surface area contributed by atoms with Crippen molar-refractivity contribution in [3.63, 3.8) is 0 Å². The van der Waals surface area contributed by atoms with E-state index in [4.69, 9.17) is 0 Å². The normalized spacial score (nSPS) is 9.80. The fraction of sp³-hybridized carbons (Fsp3) is 0.421. The Bertz CT molecular complexity index is 542. The zero-order chi connectivity index (χ0) is 16.9. The van der Waals surface area contributed by atoms with Gasteiger partial charge in [0.25, 0.3) is 0 Å². The Balaban J connectivity index is 0.00000312. The van der Waals surface area contributed by atoms with Crippen LogP contribution in [0.5, 0.6) is 0 Å². The van der Waals surface area contributed by atoms with E-state index in [-0.39, 0.29) is 24.0 Å². The molecule has 0 atom stereocenters. The van der Waals surface area contributed by atoms with Gasteiger partial charge in [0, 0.05) is 56.3 Å². The number of nitrogens with one attached hydrogen (secondary N) is 2. The summed E-state index contributed by atoms with van der Waals surface area (Å²) >= 11 is 0. The molecule has 2 aromatic rings. The summed E-state index contributed by atoms with van der Waals surface area (Å²) in [4.78, 5) is 13.3. The molecule has 0 spiro atoms. The number of rotatable bonds is 9. The third-order valence-corrected chi connectivity index (χ3v) is 3.58. The minimum atomic E-state index is 0. The van der Waals surface area contributed by atoms with Crippen LogP contribution in [0.1, 0.15) is 31.2 Å². The molecule has 0 unspecified atom stereocenters. The fourth-order valence-corrected chi connectivity index (χ4v) is 2.23. The van der Waals surface area contributed by atoms with Crippen LogP contribution in [-0.4, -0.2) is 35.6 Å². The highest BCUT2D eigenvalue weighted by Gasteiger charge is 2.00. The zero-order valence-electron chi connectivity index (χ0n) is 14.8. The van der Waals surface area contributed by atoms with Crippen LogP contribution in [0, 0.1) is 0 Å². The van der Waals surface area contributed by atoms with E-state index in [2.05, 4.69) is 32.5 Å². The number of hydrogen-bond acceptors (Lipinski definition) is 3. The van der Waals surface area contributed by atoms with E-state index in [1.165, 1.54) is 0 Å². The van der Waals surface area contributed by atoms with Gasteiger partial charge >= 0.3 is 0 Å². The second-order valence-corrected chi connectivity index (χ2v) is 5.58. The number of halogens is 1. The predicted molar refractivity (Wildman–Crippen MR) is 115 cm³/mol. The van der Waals surface area contributed by atoms with Crippen molar-refractivity contribution >= 4 is 29.9 Å². The molecular formula is C19H28IN5. The van der Waals surface area contributed by atoms with Gasteiger partial charge < -0.3 is 10.6 Å². The molecule has 2 rings (SSSR count). The smallest absolute Gasteiger partial charge is 0.191 e. The van der Waals surface area contributed by atoms with E-state index in [1.54, 1.807) is 0 Å². The second-order valence-electron chi connectivity index (χ2n) is 5.58. The molecule has 0 aliphatic carbocycles. The van der Waals surface area contributed by atoms with E-state index >= 15 is 0 Å². The van der Waals surface area contributed by atoms with Crippen molar-refractivity contribution in [1.29, 1.82) is 0 Å². The van der Waals surface area contributed by atoms with Gasteiger partial charge in [-0.15, -0.1) is 24.0 Å². The maximum absolute atomic E-state index is 4.63. The first kappa shape index (κ1) is 21.3. The van der Waals surface area contributed by atoms with Crippen molar-refractivity contribution < 1.29 is 0 Å². The maximum Gasteiger partial charge on any atom is 0.191 e. The van der Waals surface area contributed by atoms with Crippen LogP contribution < -0.4 is 10.6 Å². The Morgan fingerprint density at radius 1 is 0.920 bits per heavy atom. The average molecular weight is 453 g/mol. The number of aromatic nitrogens is 2. The summed E-state index contributed by atoms with van der Waals surface area (Å²) in [6, 6.07) is 12.0. The number of aliphatic imine (C=N–C) groups is 1. The van der Waals surface area contributed by atoms with Gasteiger partial charge in [0.15, 0.2) is 5.96 Å². The molecule has 0 radical (unpaired) electrons. The van der Waals surface area contributed by atoms with E-state index in [1.807, 2.05) is 48.8 Å². The topological polar surface area (TPSA) is 62.2 Å². The van der Waals surface area contributed by atoms with Gasteiger partial charge in [-0.25, -0.2) is 0 Å². The first-order chi connectivity index (χ1) is 11.9. The Morgan fingerprint density at radius 3 is 1.92 bits per heavy atom. The summed E-state index contributed by atoms with van der Waals surface area (Å²) in [5, 5.41) is 6.78. The first-order valence-electron chi connectivity index (χ1n) is 8.70. The number of nitrogens with zero attached hydrogens (tertiary/aromatic N) is 3. The lowest BCUT2D eigenvalue weighted by molar-refractivity contribution is 0.746. The fourth-order valence-electron chi connectivity index (χ4n) is 2.23. The number of hydrogen-bond donors (Lipinski definition) is 2. The Morgan fingerprint density at radius 2 is 1.48 bits per heavy atom. The minimum Gasteiger partial charge on any atom is -0.356 e. The van der Waals surface area contributed by atoms with Gasteiger partial charge in [-0.05, 0) is 30.7 Å². The highest BCUT2D eigenvalue weighted by Crippen LogP contribution is 1.95. The van der Waals surface area contributed by atoms with Gasteiger partial charge in [-0.1, -0.05) is 25.5 Å². The van der Waals surface area contributed by atoms with Gasteiger partial charge in [-0.2, -0.15) is 0 Å². The van der Waals surface area contributed by atoms with Crippen LogP contribution in [0.4, 0.5) is 0 Å². The molecule has 0 aromatic carbocycles. The third-order valence-electron chi connectivity index (χ3n) is 3.58. The molecular weight excluding hydrogens is 425 g/mol. The number of unbranched alkanes of at least 4 members (excludes halogenated alkanes) is 1. The molecule has 0 saturated heterocycles. The van der Waals surface area contributed by atoms with E-state index in [0.717, 1.165) is 62.7 Å². The van der Waals surface area contributed by atoms with Gasteiger partial charge in [0.1, 0.15) is 0 Å². The molecule has 25 heavy (non-hydrogen) atoms. The Hall–Kier alpha value is -1.70. The van der Waals surface area contributed by atoms with E-state index < -0.39 is 0 Å². The first-order valence-corrected chi connectivity index (χ1v) is 8.70. The van der Waals surface area contributed by atoms with Crippen molar-refractivity contribution in [2.75, 3.05) is 19.6 Å². The van der Waals surface area contributed by atoms with Crippen molar-refractivity contribution in [3.05, 3.63) is 60.2 Å². The summed E-state index contributed by atoms with van der Waals surface area (Å²) in [6.45, 7) is 4.66. The lowest BCUT2D eigenvalue weighted by Gasteiger charge is -2.12. The molecule has 6 heteroatoms. The summed E-state index contributed by atoms with van der Waals surface area (Å²) < 4.78 is 0. The molecule has 2 aromatic heterocycles. The van der Waals surface area contributed by atoms with E-state index in [0.29, 0.717) is 0 Å². The van der Waals surface area contributed by atoms with Crippen LogP contribution in [0.25, 0.3) is 0 Å². The van der Waals surface area contributed by atoms with Crippen LogP contribution in [-0.2, 0) is 12.8 Å². The predicted octanol–water partition coefficient (Wildman–Crippen LogP) is 3.22. The van der Waals surface area contributed by atoms with Gasteiger partial charge in [-0.3, -0.25) is 15.0 Å². The largest absolute Gasteiger partial charge is 0.356 e. The van der Waals surface area contributed by atoms with Gasteiger partial charge in [0.05, 0.1) is 0 Å². The molecule has 2 N–H and O–H groups in total. The molecule has 0 aliphatic heterocycles. The lowest BCUT2D eigenvalue weighted by Crippen LogP contribution is -2.39. The van der Waals surface area contributed by atoms with E-state index in [9.17, 15) is 0 Å². The summed E-state index contributed by atoms with van der Waals surface area (Å²) in [5.41, 5.74) is 2.18. The number of pyridine rings is 2. The molecule has 5 nitrogen and oxygen atoms in total. The zero-order valence-corrected chi connectivity index (χ0v) is 17.1. The monoisotopic (exact) mass is 453 g/mol. The van der Waals surface area contributed by atoms with Crippen molar-refractivity contribution in [1.82, 2.24) is 20.6 Å². The van der Waals surface area contributed by atoms with Crippen molar-refractivity contribution in [2.24, 2.45) is 4.99 Å². The standard InChI is InChI=1S/C19H27N5.HI/c1-2-3-12-22-19(23-15-10-17-8-4-6-13-20-17)24-16-11-18-9-5-7-14-21-18;/h4-9,13-14H,2-3,10-12,15-16H2,1H3,(H2,22,23,24);1H. The quantitative estimate of drug-likeness (QED) is 0.265. The summed E-state index contributed by atoms with van der Waals surface area (Å²) in [5.74, 6) is 0.871. The van der Waals surface area contributed by atoms with Crippen LogP contribution in [0.15, 0.2) is 53.8 Å². The highest BCUT2D eigenvalue weighted by molar-refractivity contribution is 14.0. The second kappa shape index (κ2) is 13.6. The lowest BCUT2D eigenvalue weighted by atomic mass is 10.2. The summed E-state index contributed by atoms with van der Waals surface area (Å²) in [7, 11) is 0. The molecule has 0 aliphatic rings. The average Bonchev–Trinajstić information content (AvgIpc) is 2.63. The van der Waals surface area contributed by atoms with Crippen molar-refractivity contribution in [3.8, 4) is 0 Å². The summed E-state index contributed by atoms with van der Waals surface area (Å²) in [6.07, 6.45) is 7.69. The van der Waals surface area contributed by atoms with Crippen LogP contribution >= 0.6 is 24.0 Å². The Labute approximate surface area is 167 Å². The van der Waals surface area contributed by atoms with Crippen LogP contribution in [0.2, 0.25) is 0 Å². The molecule has 0 amide bonds. The Kier molecular flexibility index (Phi) is 11.6. The highest BCUT2D eigenvalue weighted by atomic mass is 127. The number of guanidine groups is 1.